The highest BCUT2D eigenvalue weighted by Gasteiger charge is 2.31. The Morgan fingerprint density at radius 1 is 1.12 bits per heavy atom. The van der Waals surface area contributed by atoms with Crippen LogP contribution in [-0.2, 0) is 4.79 Å². The summed E-state index contributed by atoms with van der Waals surface area (Å²) in [5.41, 5.74) is 0. The second-order valence-electron chi connectivity index (χ2n) is 9.32. The first-order chi connectivity index (χ1) is 15.2. The molecule has 1 saturated carbocycles. The lowest BCUT2D eigenvalue weighted by Gasteiger charge is -2.39. The van der Waals surface area contributed by atoms with Gasteiger partial charge in [0, 0.05) is 70.7 Å². The standard InChI is InChI=1S/C23H39N7O.HI/c1-3-25-23(29-10-7-19(2)21(17-29)30-12-8-24-18-30)26-9-11-27-13-15-28(16-14-27)22(31)20-5-4-6-20;/h8,12,18-21H,3-7,9-11,13-17H2,1-2H3,(H,25,26);1H. The number of carbonyl (C=O) groups is 1. The van der Waals surface area contributed by atoms with Gasteiger partial charge in [-0.2, -0.15) is 0 Å². The molecule has 1 aromatic rings. The van der Waals surface area contributed by atoms with Gasteiger partial charge in [-0.25, -0.2) is 4.98 Å². The van der Waals surface area contributed by atoms with Crippen LogP contribution in [0.25, 0.3) is 0 Å². The van der Waals surface area contributed by atoms with Gasteiger partial charge in [0.25, 0.3) is 0 Å². The molecule has 0 spiro atoms. The number of nitrogens with one attached hydrogen (secondary N) is 1. The number of piperazine rings is 1. The number of piperidine rings is 1. The molecule has 3 heterocycles. The molecule has 180 valence electrons. The number of nitrogens with zero attached hydrogens (tertiary/aromatic N) is 6. The van der Waals surface area contributed by atoms with Crippen LogP contribution >= 0.6 is 24.0 Å². The van der Waals surface area contributed by atoms with Crippen LogP contribution in [0.1, 0.15) is 45.6 Å². The molecule has 3 fully saturated rings. The summed E-state index contributed by atoms with van der Waals surface area (Å²) in [4.78, 5) is 28.6. The van der Waals surface area contributed by atoms with Gasteiger partial charge >= 0.3 is 0 Å². The Bertz CT molecular complexity index is 729. The van der Waals surface area contributed by atoms with Gasteiger partial charge in [-0.05, 0) is 32.1 Å². The Kier molecular flexibility index (Phi) is 9.63. The molecular formula is C23H40IN7O. The van der Waals surface area contributed by atoms with Gasteiger partial charge in [0.1, 0.15) is 0 Å². The molecule has 1 N–H and O–H groups in total. The van der Waals surface area contributed by atoms with Crippen LogP contribution in [0.3, 0.4) is 0 Å². The summed E-state index contributed by atoms with van der Waals surface area (Å²) in [5, 5.41) is 3.50. The summed E-state index contributed by atoms with van der Waals surface area (Å²) in [6.45, 7) is 12.8. The van der Waals surface area contributed by atoms with E-state index in [4.69, 9.17) is 4.99 Å². The summed E-state index contributed by atoms with van der Waals surface area (Å²) >= 11 is 0. The highest BCUT2D eigenvalue weighted by Crippen LogP contribution is 2.29. The smallest absolute Gasteiger partial charge is 0.225 e. The Morgan fingerprint density at radius 3 is 2.53 bits per heavy atom. The molecule has 9 heteroatoms. The Hall–Kier alpha value is -1.36. The van der Waals surface area contributed by atoms with Gasteiger partial charge in [0.05, 0.1) is 18.9 Å². The van der Waals surface area contributed by atoms with Crippen LogP contribution in [0, 0.1) is 11.8 Å². The minimum absolute atomic E-state index is 0. The van der Waals surface area contributed by atoms with Crippen molar-refractivity contribution in [2.24, 2.45) is 16.8 Å². The van der Waals surface area contributed by atoms with Gasteiger partial charge in [0.15, 0.2) is 5.96 Å². The van der Waals surface area contributed by atoms with Gasteiger partial charge < -0.3 is 19.7 Å². The van der Waals surface area contributed by atoms with Gasteiger partial charge in [-0.3, -0.25) is 14.7 Å². The number of imidazole rings is 1. The monoisotopic (exact) mass is 557 g/mol. The number of carbonyl (C=O) groups excluding carboxylic acids is 1. The number of halogens is 1. The summed E-state index contributed by atoms with van der Waals surface area (Å²) in [6, 6.07) is 0.432. The maximum atomic E-state index is 12.4. The molecule has 8 nitrogen and oxygen atoms in total. The largest absolute Gasteiger partial charge is 0.357 e. The van der Waals surface area contributed by atoms with E-state index in [0.717, 1.165) is 84.1 Å². The average Bonchev–Trinajstić information content (AvgIpc) is 3.27. The summed E-state index contributed by atoms with van der Waals surface area (Å²) in [7, 11) is 0. The van der Waals surface area contributed by atoms with Crippen molar-refractivity contribution in [1.82, 2.24) is 29.6 Å². The van der Waals surface area contributed by atoms with Crippen LogP contribution in [0.5, 0.6) is 0 Å². The summed E-state index contributed by atoms with van der Waals surface area (Å²) < 4.78 is 2.24. The second-order valence-corrected chi connectivity index (χ2v) is 9.32. The molecule has 0 radical (unpaired) electrons. The molecule has 0 aromatic carbocycles. The minimum Gasteiger partial charge on any atom is -0.357 e. The normalized spacial score (nSPS) is 25.2. The van der Waals surface area contributed by atoms with Gasteiger partial charge in [0.2, 0.25) is 5.91 Å². The van der Waals surface area contributed by atoms with E-state index in [0.29, 0.717) is 23.8 Å². The van der Waals surface area contributed by atoms with Crippen LogP contribution in [0.15, 0.2) is 23.7 Å². The average molecular weight is 558 g/mol. The number of likely N-dealkylation sites (tertiary alicyclic amines) is 1. The SMILES string of the molecule is CCNC(=NCCN1CCN(C(=O)C2CCC2)CC1)N1CCC(C)C(n2ccnc2)C1.I. The predicted octanol–water partition coefficient (Wildman–Crippen LogP) is 2.29. The molecular weight excluding hydrogens is 517 g/mol. The molecule has 3 aliphatic rings. The summed E-state index contributed by atoms with van der Waals surface area (Å²) in [5.74, 6) is 2.37. The van der Waals surface area contributed by atoms with Crippen LogP contribution < -0.4 is 5.32 Å². The number of aromatic nitrogens is 2. The van der Waals surface area contributed by atoms with Crippen molar-refractivity contribution in [2.75, 3.05) is 58.9 Å². The second kappa shape index (κ2) is 12.2. The maximum Gasteiger partial charge on any atom is 0.225 e. The number of hydrogen-bond donors (Lipinski definition) is 1. The van der Waals surface area contributed by atoms with Gasteiger partial charge in [-0.15, -0.1) is 24.0 Å². The fraction of sp³-hybridized carbons (Fsp3) is 0.783. The maximum absolute atomic E-state index is 12.4. The Morgan fingerprint density at radius 2 is 1.91 bits per heavy atom. The van der Waals surface area contributed by atoms with Crippen LogP contribution in [0.2, 0.25) is 0 Å². The lowest BCUT2D eigenvalue weighted by Crippen LogP contribution is -2.51. The zero-order valence-corrected chi connectivity index (χ0v) is 22.0. The number of amides is 1. The van der Waals surface area contributed by atoms with E-state index in [1.54, 1.807) is 0 Å². The van der Waals surface area contributed by atoms with Crippen LogP contribution in [0.4, 0.5) is 0 Å². The molecule has 32 heavy (non-hydrogen) atoms. The Labute approximate surface area is 209 Å². The Balaban J connectivity index is 0.00000289. The fourth-order valence-corrected chi connectivity index (χ4v) is 4.92. The lowest BCUT2D eigenvalue weighted by atomic mass is 9.84. The first-order valence-electron chi connectivity index (χ1n) is 12.2. The van der Waals surface area contributed by atoms with E-state index in [2.05, 4.69) is 49.6 Å². The molecule has 0 bridgehead atoms. The van der Waals surface area contributed by atoms with E-state index < -0.39 is 0 Å². The zero-order valence-electron chi connectivity index (χ0n) is 19.7. The molecule has 2 unspecified atom stereocenters. The molecule has 2 atom stereocenters. The van der Waals surface area contributed by atoms with E-state index in [1.807, 2.05) is 12.5 Å². The van der Waals surface area contributed by atoms with E-state index in [1.165, 1.54) is 6.42 Å². The molecule has 4 rings (SSSR count). The van der Waals surface area contributed by atoms with Crippen LogP contribution in [-0.4, -0.2) is 95.0 Å². The quantitative estimate of drug-likeness (QED) is 0.331. The third-order valence-electron chi connectivity index (χ3n) is 7.28. The molecule has 2 aliphatic heterocycles. The summed E-state index contributed by atoms with van der Waals surface area (Å²) in [6.07, 6.45) is 10.4. The number of rotatable bonds is 6. The first kappa shape index (κ1) is 25.3. The van der Waals surface area contributed by atoms with Crippen molar-refractivity contribution in [3.8, 4) is 0 Å². The number of aliphatic imine (C=N–C) groups is 1. The molecule has 1 aromatic heterocycles. The predicted molar refractivity (Wildman–Crippen MR) is 138 cm³/mol. The fourth-order valence-electron chi connectivity index (χ4n) is 4.92. The van der Waals surface area contributed by atoms with E-state index in [-0.39, 0.29) is 24.0 Å². The lowest BCUT2D eigenvalue weighted by molar-refractivity contribution is -0.139. The first-order valence-corrected chi connectivity index (χ1v) is 12.2. The van der Waals surface area contributed by atoms with Crippen molar-refractivity contribution >= 4 is 35.8 Å². The zero-order chi connectivity index (χ0) is 21.6. The van der Waals surface area contributed by atoms with Crippen molar-refractivity contribution in [1.29, 1.82) is 0 Å². The van der Waals surface area contributed by atoms with Crippen molar-refractivity contribution in [2.45, 2.75) is 45.6 Å². The van der Waals surface area contributed by atoms with Crippen molar-refractivity contribution in [3.05, 3.63) is 18.7 Å². The third-order valence-corrected chi connectivity index (χ3v) is 7.28. The van der Waals surface area contributed by atoms with E-state index >= 15 is 0 Å². The highest BCUT2D eigenvalue weighted by atomic mass is 127. The number of guanidine groups is 1. The molecule has 2 saturated heterocycles. The van der Waals surface area contributed by atoms with Gasteiger partial charge in [-0.1, -0.05) is 13.3 Å². The third kappa shape index (κ3) is 6.15. The topological polar surface area (TPSA) is 69.0 Å². The molecule has 1 aliphatic carbocycles. The number of hydrogen-bond acceptors (Lipinski definition) is 4. The van der Waals surface area contributed by atoms with Crippen molar-refractivity contribution < 1.29 is 4.79 Å². The van der Waals surface area contributed by atoms with Crippen molar-refractivity contribution in [3.63, 3.8) is 0 Å². The van der Waals surface area contributed by atoms with E-state index in [9.17, 15) is 4.79 Å². The highest BCUT2D eigenvalue weighted by molar-refractivity contribution is 14.0. The minimum atomic E-state index is 0. The molecule has 1 amide bonds.